The molecule has 3 amide bonds. The molecule has 2 atom stereocenters. The molecule has 0 heterocycles. The van der Waals surface area contributed by atoms with Crippen molar-refractivity contribution in [1.82, 2.24) is 25.8 Å². The molecule has 1 rings (SSSR count). The van der Waals surface area contributed by atoms with Crippen LogP contribution in [0.4, 0.5) is 14.4 Å². The van der Waals surface area contributed by atoms with E-state index in [4.69, 9.17) is 0 Å². The van der Waals surface area contributed by atoms with E-state index in [2.05, 4.69) is 53.8 Å². The topological polar surface area (TPSA) is 173 Å². The molecule has 14 heteroatoms. The molecule has 0 radical (unpaired) electrons. The molecule has 0 aromatic carbocycles. The molecule has 0 unspecified atom stereocenters. The molecule has 1 aliphatic rings. The molecule has 1 fully saturated rings. The molecule has 0 aromatic rings. The number of nitrogens with one attached hydrogen (secondary N) is 3. The van der Waals surface area contributed by atoms with Gasteiger partial charge in [0.15, 0.2) is 17.3 Å². The zero-order valence-electron chi connectivity index (χ0n) is 34.1. The maximum Gasteiger partial charge on any atom is 0.407 e. The molecular weight excluding hydrogens is 646 g/mol. The number of rotatable bonds is 18. The summed E-state index contributed by atoms with van der Waals surface area (Å²) in [6.07, 6.45) is 1.99. The number of Topliss-reactive ketones (excluding diaryl/α,β-unsaturated/α-hetero) is 3. The van der Waals surface area contributed by atoms with E-state index in [1.54, 1.807) is 13.8 Å². The second-order valence-corrected chi connectivity index (χ2v) is 11.2. The average Bonchev–Trinajstić information content (AvgIpc) is 3.93. The van der Waals surface area contributed by atoms with Gasteiger partial charge in [0, 0.05) is 36.1 Å². The predicted molar refractivity (Wildman–Crippen MR) is 206 cm³/mol. The van der Waals surface area contributed by atoms with E-state index in [-0.39, 0.29) is 27.5 Å². The van der Waals surface area contributed by atoms with Gasteiger partial charge in [-0.2, -0.15) is 0 Å². The summed E-state index contributed by atoms with van der Waals surface area (Å²) in [7, 11) is 5.87. The monoisotopic (exact) mass is 726 g/mol. The van der Waals surface area contributed by atoms with E-state index in [0.29, 0.717) is 25.7 Å². The first kappa shape index (κ1) is 53.5. The highest BCUT2D eigenvalue weighted by atomic mass is 16.5. The standard InChI is InChI=1S/2C12H24N2O3.C8H13NO3.2C2H6.3H2/c1-6-14(4)8-7-10(11(15)9(2)3)13-12(16)17-5;1-5-11(15)10(13-12(16)17-4)8-9-14(6-2)7-3;1-3-6(10)8(4-5-8)9-7(11)12-2;2*1-2;;;/h9-10H,6-8H2,1-5H3,(H,13,16);10H,5-9H2,1-4H3,(H,13,16);3-5H2,1-2H3,(H,9,11);2*1-2H3;3*1H/t2*10-;;;;;;/m10....../s1. The van der Waals surface area contributed by atoms with Gasteiger partial charge < -0.3 is 40.0 Å². The predicted octanol–water partition coefficient (Wildman–Crippen LogP) is 6.34. The van der Waals surface area contributed by atoms with E-state index >= 15 is 0 Å². The summed E-state index contributed by atoms with van der Waals surface area (Å²) >= 11 is 0. The van der Waals surface area contributed by atoms with Crippen LogP contribution in [0.3, 0.4) is 0 Å². The first-order valence-corrected chi connectivity index (χ1v) is 18.2. The number of hydrogen-bond donors (Lipinski definition) is 3. The molecule has 0 aromatic heterocycles. The SMILES string of the molecule is CC.CC.CCC(=O)C1(NC(=O)OC)CC1.CCC(=O)[C@H](CCN(CC)CC)NC(=O)OC.CCN(C)CC[C@@H](NC(=O)OC)C(=O)C(C)C.[HH].[HH].[HH]. The van der Waals surface area contributed by atoms with Crippen LogP contribution in [0, 0.1) is 5.92 Å². The summed E-state index contributed by atoms with van der Waals surface area (Å²) in [4.78, 5) is 72.3. The number of ketones is 3. The Hall–Kier alpha value is -3.26. The highest BCUT2D eigenvalue weighted by molar-refractivity contribution is 5.94. The average molecular weight is 726 g/mol. The van der Waals surface area contributed by atoms with Crippen molar-refractivity contribution in [2.75, 3.05) is 61.1 Å². The van der Waals surface area contributed by atoms with Gasteiger partial charge in [-0.3, -0.25) is 14.4 Å². The largest absolute Gasteiger partial charge is 0.453 e. The van der Waals surface area contributed by atoms with Gasteiger partial charge in [-0.05, 0) is 52.4 Å². The van der Waals surface area contributed by atoms with E-state index in [0.717, 1.165) is 45.6 Å². The van der Waals surface area contributed by atoms with Crippen molar-refractivity contribution in [1.29, 1.82) is 0 Å². The smallest absolute Gasteiger partial charge is 0.407 e. The van der Waals surface area contributed by atoms with Gasteiger partial charge in [0.25, 0.3) is 0 Å². The van der Waals surface area contributed by atoms with Gasteiger partial charge >= 0.3 is 18.3 Å². The van der Waals surface area contributed by atoms with E-state index in [1.807, 2.05) is 55.5 Å². The number of nitrogens with zero attached hydrogens (tertiary/aromatic N) is 2. The quantitative estimate of drug-likeness (QED) is 0.135. The van der Waals surface area contributed by atoms with Crippen LogP contribution in [0.5, 0.6) is 0 Å². The third-order valence-electron chi connectivity index (χ3n) is 7.70. The number of methoxy groups -OCH3 is 3. The van der Waals surface area contributed by atoms with Crippen LogP contribution in [0.2, 0.25) is 0 Å². The Bertz CT molecular complexity index is 956. The number of hydrogen-bond acceptors (Lipinski definition) is 11. The van der Waals surface area contributed by atoms with E-state index < -0.39 is 35.9 Å². The minimum Gasteiger partial charge on any atom is -0.453 e. The number of amides is 3. The Morgan fingerprint density at radius 1 is 0.680 bits per heavy atom. The van der Waals surface area contributed by atoms with Crippen molar-refractivity contribution in [2.45, 2.75) is 132 Å². The summed E-state index contributed by atoms with van der Waals surface area (Å²) in [6.45, 7) is 25.8. The first-order chi connectivity index (χ1) is 23.6. The zero-order chi connectivity index (χ0) is 39.9. The fourth-order valence-corrected chi connectivity index (χ4v) is 4.19. The normalized spacial score (nSPS) is 13.1. The van der Waals surface area contributed by atoms with Crippen LogP contribution in [-0.2, 0) is 28.6 Å². The highest BCUT2D eigenvalue weighted by Gasteiger charge is 2.50. The molecule has 1 aliphatic carbocycles. The van der Waals surface area contributed by atoms with Gasteiger partial charge in [0.1, 0.15) is 5.54 Å². The third kappa shape index (κ3) is 24.8. The number of ether oxygens (including phenoxy) is 3. The Labute approximate surface area is 307 Å². The van der Waals surface area contributed by atoms with Crippen LogP contribution in [0.1, 0.15) is 119 Å². The Kier molecular flexibility index (Phi) is 35.2. The summed E-state index contributed by atoms with van der Waals surface area (Å²) in [5.74, 6) is 0.0828. The second-order valence-electron chi connectivity index (χ2n) is 11.2. The van der Waals surface area contributed by atoms with Crippen LogP contribution >= 0.6 is 0 Å². The number of carbonyl (C=O) groups excluding carboxylic acids is 6. The number of alkyl carbamates (subject to hydrolysis) is 3. The third-order valence-corrected chi connectivity index (χ3v) is 7.70. The Morgan fingerprint density at radius 3 is 1.46 bits per heavy atom. The van der Waals surface area contributed by atoms with Gasteiger partial charge in [-0.1, -0.05) is 76.2 Å². The molecule has 0 aliphatic heterocycles. The summed E-state index contributed by atoms with van der Waals surface area (Å²) in [6, 6.07) is -0.899. The lowest BCUT2D eigenvalue weighted by atomic mass is 9.99. The van der Waals surface area contributed by atoms with Crippen LogP contribution in [0.15, 0.2) is 0 Å². The van der Waals surface area contributed by atoms with Crippen molar-refractivity contribution < 1.29 is 47.3 Å². The minimum absolute atomic E-state index is 0. The number of carbonyl (C=O) groups is 6. The Morgan fingerprint density at radius 2 is 1.12 bits per heavy atom. The summed E-state index contributed by atoms with van der Waals surface area (Å²) in [5.41, 5.74) is -0.582. The van der Waals surface area contributed by atoms with Gasteiger partial charge in [-0.15, -0.1) is 0 Å². The lowest BCUT2D eigenvalue weighted by molar-refractivity contribution is -0.124. The first-order valence-electron chi connectivity index (χ1n) is 18.2. The molecule has 0 saturated heterocycles. The van der Waals surface area contributed by atoms with Crippen molar-refractivity contribution >= 4 is 35.6 Å². The van der Waals surface area contributed by atoms with Gasteiger partial charge in [-0.25, -0.2) is 14.4 Å². The van der Waals surface area contributed by atoms with Gasteiger partial charge in [0.05, 0.1) is 33.4 Å². The fraction of sp³-hybridized carbons (Fsp3) is 0.833. The maximum atomic E-state index is 11.9. The molecule has 3 N–H and O–H groups in total. The molecule has 0 spiro atoms. The van der Waals surface area contributed by atoms with Crippen molar-refractivity contribution in [3.05, 3.63) is 0 Å². The fourth-order valence-electron chi connectivity index (χ4n) is 4.19. The molecule has 302 valence electrons. The van der Waals surface area contributed by atoms with Crippen LogP contribution in [-0.4, -0.2) is 124 Å². The zero-order valence-corrected chi connectivity index (χ0v) is 34.1. The molecule has 1 saturated carbocycles. The van der Waals surface area contributed by atoms with Crippen molar-refractivity contribution in [3.63, 3.8) is 0 Å². The summed E-state index contributed by atoms with van der Waals surface area (Å²) in [5, 5.41) is 7.73. The molecule has 14 nitrogen and oxygen atoms in total. The van der Waals surface area contributed by atoms with Crippen molar-refractivity contribution in [2.24, 2.45) is 5.92 Å². The lowest BCUT2D eigenvalue weighted by Gasteiger charge is -2.22. The van der Waals surface area contributed by atoms with Crippen LogP contribution < -0.4 is 16.0 Å². The minimum atomic E-state index is -0.582. The molecular formula is C36H79N5O9. The van der Waals surface area contributed by atoms with E-state index in [9.17, 15) is 28.8 Å². The summed E-state index contributed by atoms with van der Waals surface area (Å²) < 4.78 is 13.5. The van der Waals surface area contributed by atoms with Crippen LogP contribution in [0.25, 0.3) is 0 Å². The second kappa shape index (κ2) is 32.9. The Balaban J connectivity index is -0.000000112. The van der Waals surface area contributed by atoms with Gasteiger partial charge in [0.2, 0.25) is 0 Å². The molecule has 0 bridgehead atoms. The molecule has 50 heavy (non-hydrogen) atoms. The van der Waals surface area contributed by atoms with E-state index in [1.165, 1.54) is 21.3 Å². The highest BCUT2D eigenvalue weighted by Crippen LogP contribution is 2.37. The maximum absolute atomic E-state index is 11.9. The lowest BCUT2D eigenvalue weighted by Crippen LogP contribution is -2.44. The van der Waals surface area contributed by atoms with Crippen molar-refractivity contribution in [3.8, 4) is 0 Å².